The van der Waals surface area contributed by atoms with Crippen molar-refractivity contribution in [3.8, 4) is 11.5 Å². The number of methoxy groups -OCH3 is 1. The van der Waals surface area contributed by atoms with Gasteiger partial charge in [-0.2, -0.15) is 0 Å². The second-order valence-corrected chi connectivity index (χ2v) is 4.43. The summed E-state index contributed by atoms with van der Waals surface area (Å²) in [7, 11) is 1.34. The maximum absolute atomic E-state index is 11.7. The van der Waals surface area contributed by atoms with Crippen molar-refractivity contribution in [2.24, 2.45) is 0 Å². The van der Waals surface area contributed by atoms with Crippen molar-refractivity contribution in [3.05, 3.63) is 47.7 Å². The summed E-state index contributed by atoms with van der Waals surface area (Å²) in [6.07, 6.45) is 1.62. The van der Waals surface area contributed by atoms with Gasteiger partial charge in [-0.25, -0.2) is 9.78 Å². The molecule has 108 valence electrons. The molecule has 0 atom stereocenters. The Hall–Kier alpha value is -2.76. The number of rotatable bonds is 4. The molecule has 6 heteroatoms. The van der Waals surface area contributed by atoms with Crippen LogP contribution in [0.3, 0.4) is 0 Å². The standard InChI is InChI=1S/C15H14N2O4/c1-19-15(18)11-3-2-6-16-14(11)17-8-10-4-5-12-13(7-10)21-9-20-12/h2-7H,8-9H2,1H3,(H,16,17). The normalized spacial score (nSPS) is 12.0. The van der Waals surface area contributed by atoms with Crippen LogP contribution in [0.2, 0.25) is 0 Å². The summed E-state index contributed by atoms with van der Waals surface area (Å²) < 4.78 is 15.3. The van der Waals surface area contributed by atoms with Gasteiger partial charge in [0.25, 0.3) is 0 Å². The highest BCUT2D eigenvalue weighted by molar-refractivity contribution is 5.94. The first kappa shape index (κ1) is 13.2. The Morgan fingerprint density at radius 1 is 1.33 bits per heavy atom. The van der Waals surface area contributed by atoms with Crippen molar-refractivity contribution in [3.63, 3.8) is 0 Å². The van der Waals surface area contributed by atoms with Gasteiger partial charge in [-0.3, -0.25) is 0 Å². The third kappa shape index (κ3) is 2.74. The topological polar surface area (TPSA) is 69.7 Å². The highest BCUT2D eigenvalue weighted by atomic mass is 16.7. The minimum absolute atomic E-state index is 0.249. The predicted molar refractivity (Wildman–Crippen MR) is 75.5 cm³/mol. The minimum Gasteiger partial charge on any atom is -0.465 e. The predicted octanol–water partition coefficient (Wildman–Crippen LogP) is 2.21. The zero-order chi connectivity index (χ0) is 14.7. The Bertz CT molecular complexity index is 672. The van der Waals surface area contributed by atoms with Gasteiger partial charge >= 0.3 is 5.97 Å². The summed E-state index contributed by atoms with van der Waals surface area (Å²) in [4.78, 5) is 15.8. The molecule has 1 aromatic heterocycles. The molecule has 0 aliphatic carbocycles. The van der Waals surface area contributed by atoms with Crippen LogP contribution >= 0.6 is 0 Å². The van der Waals surface area contributed by atoms with Gasteiger partial charge in [0.05, 0.1) is 7.11 Å². The monoisotopic (exact) mass is 286 g/mol. The largest absolute Gasteiger partial charge is 0.465 e. The van der Waals surface area contributed by atoms with Crippen molar-refractivity contribution < 1.29 is 19.0 Å². The average Bonchev–Trinajstić information content (AvgIpc) is 3.00. The number of carbonyl (C=O) groups is 1. The summed E-state index contributed by atoms with van der Waals surface area (Å²) in [6, 6.07) is 9.05. The molecule has 0 spiro atoms. The second kappa shape index (κ2) is 5.70. The fourth-order valence-electron chi connectivity index (χ4n) is 2.06. The first-order valence-electron chi connectivity index (χ1n) is 6.43. The van der Waals surface area contributed by atoms with E-state index in [1.165, 1.54) is 7.11 Å². The first-order chi connectivity index (χ1) is 10.3. The number of carbonyl (C=O) groups excluding carboxylic acids is 1. The van der Waals surface area contributed by atoms with Crippen LogP contribution in [-0.4, -0.2) is 24.9 Å². The molecule has 1 N–H and O–H groups in total. The highest BCUT2D eigenvalue weighted by Crippen LogP contribution is 2.32. The molecule has 0 radical (unpaired) electrons. The van der Waals surface area contributed by atoms with Gasteiger partial charge in [-0.05, 0) is 29.8 Å². The summed E-state index contributed by atoms with van der Waals surface area (Å²) in [5.74, 6) is 1.54. The number of nitrogens with one attached hydrogen (secondary N) is 1. The summed E-state index contributed by atoms with van der Waals surface area (Å²) in [6.45, 7) is 0.761. The van der Waals surface area contributed by atoms with Crippen molar-refractivity contribution >= 4 is 11.8 Å². The maximum Gasteiger partial charge on any atom is 0.341 e. The fraction of sp³-hybridized carbons (Fsp3) is 0.200. The molecule has 1 aliphatic rings. The summed E-state index contributed by atoms with van der Waals surface area (Å²) >= 11 is 0. The summed E-state index contributed by atoms with van der Waals surface area (Å²) in [5, 5.41) is 3.13. The van der Waals surface area contributed by atoms with E-state index in [2.05, 4.69) is 10.3 Å². The van der Waals surface area contributed by atoms with E-state index in [1.54, 1.807) is 18.3 Å². The Morgan fingerprint density at radius 3 is 3.05 bits per heavy atom. The molecule has 2 aromatic rings. The lowest BCUT2D eigenvalue weighted by Crippen LogP contribution is -2.09. The highest BCUT2D eigenvalue weighted by Gasteiger charge is 2.14. The van der Waals surface area contributed by atoms with Crippen LogP contribution in [0.15, 0.2) is 36.5 Å². The van der Waals surface area contributed by atoms with Crippen LogP contribution in [0.1, 0.15) is 15.9 Å². The number of esters is 1. The van der Waals surface area contributed by atoms with E-state index >= 15 is 0 Å². The number of nitrogens with zero attached hydrogens (tertiary/aromatic N) is 1. The van der Waals surface area contributed by atoms with Gasteiger partial charge in [-0.15, -0.1) is 0 Å². The van der Waals surface area contributed by atoms with Gasteiger partial charge in [0.2, 0.25) is 6.79 Å². The van der Waals surface area contributed by atoms with Gasteiger partial charge in [0.15, 0.2) is 11.5 Å². The zero-order valence-corrected chi connectivity index (χ0v) is 11.5. The molecule has 1 aliphatic heterocycles. The third-order valence-corrected chi connectivity index (χ3v) is 3.11. The lowest BCUT2D eigenvalue weighted by atomic mass is 10.2. The molecule has 21 heavy (non-hydrogen) atoms. The van der Waals surface area contributed by atoms with Crippen molar-refractivity contribution in [1.82, 2.24) is 4.98 Å². The maximum atomic E-state index is 11.7. The van der Waals surface area contributed by atoms with E-state index in [0.29, 0.717) is 17.9 Å². The smallest absolute Gasteiger partial charge is 0.341 e. The first-order valence-corrected chi connectivity index (χ1v) is 6.43. The van der Waals surface area contributed by atoms with Crippen LogP contribution in [-0.2, 0) is 11.3 Å². The molecule has 6 nitrogen and oxygen atoms in total. The molecule has 3 rings (SSSR count). The molecule has 0 amide bonds. The van der Waals surface area contributed by atoms with Crippen molar-refractivity contribution in [2.45, 2.75) is 6.54 Å². The zero-order valence-electron chi connectivity index (χ0n) is 11.5. The van der Waals surface area contributed by atoms with Crippen LogP contribution < -0.4 is 14.8 Å². The van der Waals surface area contributed by atoms with Crippen LogP contribution in [0, 0.1) is 0 Å². The lowest BCUT2D eigenvalue weighted by Gasteiger charge is -2.09. The summed E-state index contributed by atoms with van der Waals surface area (Å²) in [5.41, 5.74) is 1.40. The fourth-order valence-corrected chi connectivity index (χ4v) is 2.06. The minimum atomic E-state index is -0.420. The average molecular weight is 286 g/mol. The number of aromatic nitrogens is 1. The molecule has 0 fully saturated rings. The quantitative estimate of drug-likeness (QED) is 0.869. The van der Waals surface area contributed by atoms with Crippen LogP contribution in [0.25, 0.3) is 0 Å². The Labute approximate surface area is 121 Å². The number of fused-ring (bicyclic) bond motifs is 1. The third-order valence-electron chi connectivity index (χ3n) is 3.11. The van der Waals surface area contributed by atoms with E-state index in [-0.39, 0.29) is 6.79 Å². The second-order valence-electron chi connectivity index (χ2n) is 4.43. The number of ether oxygens (including phenoxy) is 3. The number of hydrogen-bond donors (Lipinski definition) is 1. The molecule has 0 unspecified atom stereocenters. The van der Waals surface area contributed by atoms with Crippen LogP contribution in [0.4, 0.5) is 5.82 Å². The van der Waals surface area contributed by atoms with Crippen molar-refractivity contribution in [2.75, 3.05) is 19.2 Å². The Balaban J connectivity index is 1.75. The molecule has 0 saturated heterocycles. The Kier molecular flexibility index (Phi) is 3.59. The van der Waals surface area contributed by atoms with E-state index in [1.807, 2.05) is 18.2 Å². The van der Waals surface area contributed by atoms with E-state index in [9.17, 15) is 4.79 Å². The van der Waals surface area contributed by atoms with Gasteiger partial charge in [0.1, 0.15) is 11.4 Å². The molecule has 2 heterocycles. The molecular formula is C15H14N2O4. The number of pyridine rings is 1. The number of hydrogen-bond acceptors (Lipinski definition) is 6. The van der Waals surface area contributed by atoms with E-state index < -0.39 is 5.97 Å². The molecule has 0 saturated carbocycles. The van der Waals surface area contributed by atoms with Crippen molar-refractivity contribution in [1.29, 1.82) is 0 Å². The molecule has 1 aromatic carbocycles. The van der Waals surface area contributed by atoms with Crippen LogP contribution in [0.5, 0.6) is 11.5 Å². The number of anilines is 1. The number of benzene rings is 1. The van der Waals surface area contributed by atoms with Gasteiger partial charge < -0.3 is 19.5 Å². The van der Waals surface area contributed by atoms with Gasteiger partial charge in [0, 0.05) is 12.7 Å². The van der Waals surface area contributed by atoms with Gasteiger partial charge in [-0.1, -0.05) is 6.07 Å². The van der Waals surface area contributed by atoms with E-state index in [4.69, 9.17) is 14.2 Å². The Morgan fingerprint density at radius 2 is 2.19 bits per heavy atom. The SMILES string of the molecule is COC(=O)c1cccnc1NCc1ccc2c(c1)OCO2. The molecule has 0 bridgehead atoms. The molecular weight excluding hydrogens is 272 g/mol. The lowest BCUT2D eigenvalue weighted by molar-refractivity contribution is 0.0601. The van der Waals surface area contributed by atoms with E-state index in [0.717, 1.165) is 17.1 Å².